The van der Waals surface area contributed by atoms with E-state index in [0.717, 1.165) is 25.7 Å². The molecule has 0 spiro atoms. The van der Waals surface area contributed by atoms with Gasteiger partial charge in [0.05, 0.1) is 60.9 Å². The number of Topliss-reactive ketones (excluding diaryl/α,β-unsaturated/α-hetero) is 1. The average Bonchev–Trinajstić information content (AvgIpc) is 3.43. The van der Waals surface area contributed by atoms with Crippen LogP contribution in [0, 0.1) is 34.5 Å². The van der Waals surface area contributed by atoms with Crippen molar-refractivity contribution in [1.29, 1.82) is 0 Å². The number of hydrogen-bond acceptors (Lipinski definition) is 18. The topological polar surface area (TPSA) is 240 Å². The van der Waals surface area contributed by atoms with Crippen LogP contribution in [0.4, 0.5) is 0 Å². The minimum atomic E-state index is -1.56. The molecule has 0 aromatic rings. The number of fused-ring (bicyclic) bond motifs is 5. The van der Waals surface area contributed by atoms with Crippen molar-refractivity contribution in [3.63, 3.8) is 0 Å². The smallest absolute Gasteiger partial charge is 0.186 e. The van der Waals surface area contributed by atoms with E-state index in [-0.39, 0.29) is 41.5 Å². The predicted octanol–water partition coefficient (Wildman–Crippen LogP) is 2.11. The lowest BCUT2D eigenvalue weighted by Gasteiger charge is -2.63. The van der Waals surface area contributed by atoms with Crippen LogP contribution in [0.5, 0.6) is 0 Å². The molecule has 4 aliphatic heterocycles. The van der Waals surface area contributed by atoms with Gasteiger partial charge >= 0.3 is 0 Å². The number of aliphatic hydroxyl groups is 6. The molecule has 8 aliphatic rings. The Hall–Kier alpha value is -1.01. The second-order valence-electron chi connectivity index (χ2n) is 21.7. The van der Waals surface area contributed by atoms with Crippen molar-refractivity contribution >= 4 is 5.78 Å². The molecule has 4 saturated heterocycles. The molecule has 27 atom stereocenters. The molecule has 6 N–H and O–H groups in total. The number of aliphatic hydroxyl groups excluding tert-OH is 5. The third kappa shape index (κ3) is 8.89. The maximum absolute atomic E-state index is 12.8. The van der Waals surface area contributed by atoms with Crippen LogP contribution in [0.2, 0.25) is 0 Å². The second-order valence-corrected chi connectivity index (χ2v) is 21.7. The Balaban J connectivity index is 0.830. The molecule has 0 aromatic carbocycles. The highest BCUT2D eigenvalue weighted by Crippen LogP contribution is 2.69. The van der Waals surface area contributed by atoms with Crippen LogP contribution in [-0.2, 0) is 56.9 Å². The molecule has 0 aromatic heterocycles. The summed E-state index contributed by atoms with van der Waals surface area (Å²) in [5.41, 5.74) is -2.61. The van der Waals surface area contributed by atoms with E-state index in [1.54, 1.807) is 28.1 Å². The van der Waals surface area contributed by atoms with Crippen molar-refractivity contribution in [3.8, 4) is 0 Å². The molecule has 0 unspecified atom stereocenters. The fourth-order valence-electron chi connectivity index (χ4n) is 14.5. The maximum atomic E-state index is 12.8. The molecule has 0 radical (unpaired) electrons. The van der Waals surface area contributed by atoms with Gasteiger partial charge in [-0.15, -0.1) is 0 Å². The van der Waals surface area contributed by atoms with Crippen molar-refractivity contribution in [1.82, 2.24) is 0 Å². The lowest BCUT2D eigenvalue weighted by molar-refractivity contribution is -0.357. The fourth-order valence-corrected chi connectivity index (χ4v) is 14.5. The van der Waals surface area contributed by atoms with Crippen molar-refractivity contribution in [2.24, 2.45) is 34.5 Å². The SMILES string of the molecule is CO[C@@H]1[C@@H](O)[C@H](O[C@H]2CC[C@@]3(C)[C@@H](CC[C@@H]4[C@@H]3CC[C@]3(C)[C@@H](C(C)=O)[C@H](O)[C@@H](O)[C@]43O)C2)O[C@H](C)[C@H]1O[C@@H]1C[C@@H](O)[C@@H](O[C@@H]2C[C@H](OC)[C@@H](O[C@H]3C[C@@H](OC)[C@H](O)[C@@H](C)O3)[C@H](C)O2)[C@H](C)O1. The Morgan fingerprint density at radius 2 is 1.17 bits per heavy atom. The predicted molar refractivity (Wildman–Crippen MR) is 231 cm³/mol. The molecule has 4 saturated carbocycles. The first-order valence-corrected chi connectivity index (χ1v) is 24.7. The summed E-state index contributed by atoms with van der Waals surface area (Å²) in [7, 11) is 4.65. The number of carbonyl (C=O) groups excluding carboxylic acids is 1. The van der Waals surface area contributed by atoms with Gasteiger partial charge < -0.3 is 82.7 Å². The van der Waals surface area contributed by atoms with Gasteiger partial charge in [-0.05, 0) is 103 Å². The van der Waals surface area contributed by atoms with Crippen LogP contribution in [0.1, 0.15) is 113 Å². The molecule has 18 heteroatoms. The van der Waals surface area contributed by atoms with Gasteiger partial charge in [0.2, 0.25) is 0 Å². The molecule has 0 bridgehead atoms. The quantitative estimate of drug-likeness (QED) is 0.154. The van der Waals surface area contributed by atoms with E-state index in [0.29, 0.717) is 32.1 Å². The molecular weight excluding hydrogens is 865 g/mol. The molecule has 380 valence electrons. The summed E-state index contributed by atoms with van der Waals surface area (Å²) in [6.45, 7) is 12.9. The average molecular weight is 945 g/mol. The Morgan fingerprint density at radius 3 is 1.80 bits per heavy atom. The van der Waals surface area contributed by atoms with Gasteiger partial charge in [0, 0.05) is 46.0 Å². The summed E-state index contributed by atoms with van der Waals surface area (Å²) in [4.78, 5) is 12.8. The monoisotopic (exact) mass is 945 g/mol. The van der Waals surface area contributed by atoms with Crippen molar-refractivity contribution < 1.29 is 87.5 Å². The highest BCUT2D eigenvalue weighted by molar-refractivity contribution is 5.81. The van der Waals surface area contributed by atoms with Crippen LogP contribution in [-0.4, -0.2) is 186 Å². The summed E-state index contributed by atoms with van der Waals surface area (Å²) < 4.78 is 67.7. The number of hydrogen-bond donors (Lipinski definition) is 6. The van der Waals surface area contributed by atoms with Gasteiger partial charge in [-0.3, -0.25) is 4.79 Å². The largest absolute Gasteiger partial charge is 0.390 e. The van der Waals surface area contributed by atoms with Crippen molar-refractivity contribution in [2.75, 3.05) is 21.3 Å². The van der Waals surface area contributed by atoms with Crippen LogP contribution < -0.4 is 0 Å². The summed E-state index contributed by atoms with van der Waals surface area (Å²) in [5, 5.41) is 68.4. The molecule has 18 nitrogen and oxygen atoms in total. The Morgan fingerprint density at radius 1 is 0.576 bits per heavy atom. The third-order valence-electron chi connectivity index (χ3n) is 18.1. The summed E-state index contributed by atoms with van der Waals surface area (Å²) >= 11 is 0. The number of ketones is 1. The molecule has 4 aliphatic carbocycles. The van der Waals surface area contributed by atoms with E-state index in [4.69, 9.17) is 52.1 Å². The zero-order valence-electron chi connectivity index (χ0n) is 40.5. The van der Waals surface area contributed by atoms with Crippen LogP contribution in [0.15, 0.2) is 0 Å². The molecule has 4 heterocycles. The zero-order valence-corrected chi connectivity index (χ0v) is 40.5. The first kappa shape index (κ1) is 51.3. The lowest BCUT2D eigenvalue weighted by atomic mass is 9.43. The number of ether oxygens (including phenoxy) is 11. The number of methoxy groups -OCH3 is 3. The summed E-state index contributed by atoms with van der Waals surface area (Å²) in [5.74, 6) is -0.877. The molecule has 66 heavy (non-hydrogen) atoms. The molecule has 0 amide bonds. The minimum absolute atomic E-state index is 0.0771. The molecule has 8 fully saturated rings. The first-order chi connectivity index (χ1) is 31.2. The van der Waals surface area contributed by atoms with E-state index in [1.165, 1.54) is 14.0 Å². The van der Waals surface area contributed by atoms with Gasteiger partial charge in [-0.1, -0.05) is 13.8 Å². The van der Waals surface area contributed by atoms with E-state index in [1.807, 2.05) is 20.8 Å². The van der Waals surface area contributed by atoms with Gasteiger partial charge in [0.1, 0.15) is 54.1 Å². The first-order valence-electron chi connectivity index (χ1n) is 24.7. The Kier molecular flexibility index (Phi) is 15.5. The number of rotatable bonds is 12. The van der Waals surface area contributed by atoms with E-state index in [2.05, 4.69) is 6.92 Å². The fraction of sp³-hybridized carbons (Fsp3) is 0.979. The highest BCUT2D eigenvalue weighted by atomic mass is 16.8. The minimum Gasteiger partial charge on any atom is -0.390 e. The Labute approximate surface area is 389 Å². The molecule has 8 rings (SSSR count). The standard InChI is InChI=1S/C48H80O18/c1-21(49)36-38(52)44(54)48(55)29-12-11-26-17-27(13-15-46(26,6)28(29)14-16-47(36,48)7)63-45-39(53)43(58-10)42(25(5)62-45)66-33-18-30(50)40(23(3)60-33)64-35-20-32(57-9)41(24(4)61-35)65-34-19-31(56-8)37(51)22(2)59-34/h22-45,50-55H,11-20H2,1-10H3/t22-,23+,24+,25-,26+,27+,28+,29-,30-,31-,32+,33-,34+,35-,36+,37-,38+,39-,40+,41+,42-,43-,44-,45+,46+,47-,48-/m1/s1. The third-order valence-corrected chi connectivity index (χ3v) is 18.1. The Bertz CT molecular complexity index is 1650. The normalized spacial score (nSPS) is 55.4. The van der Waals surface area contributed by atoms with Crippen LogP contribution in [0.3, 0.4) is 0 Å². The van der Waals surface area contributed by atoms with Gasteiger partial charge in [-0.25, -0.2) is 0 Å². The van der Waals surface area contributed by atoms with E-state index >= 15 is 0 Å². The number of carbonyl (C=O) groups is 1. The van der Waals surface area contributed by atoms with E-state index < -0.39 is 134 Å². The summed E-state index contributed by atoms with van der Waals surface area (Å²) in [6, 6.07) is 0. The second kappa shape index (κ2) is 19.9. The maximum Gasteiger partial charge on any atom is 0.186 e. The highest BCUT2D eigenvalue weighted by Gasteiger charge is 2.74. The zero-order chi connectivity index (χ0) is 47.8. The van der Waals surface area contributed by atoms with Crippen molar-refractivity contribution in [3.05, 3.63) is 0 Å². The van der Waals surface area contributed by atoms with Gasteiger partial charge in [-0.2, -0.15) is 0 Å². The lowest BCUT2D eigenvalue weighted by Crippen LogP contribution is -2.66. The van der Waals surface area contributed by atoms with E-state index in [9.17, 15) is 35.4 Å². The van der Waals surface area contributed by atoms with Crippen LogP contribution >= 0.6 is 0 Å². The van der Waals surface area contributed by atoms with Gasteiger partial charge in [0.25, 0.3) is 0 Å². The van der Waals surface area contributed by atoms with Crippen molar-refractivity contribution in [2.45, 2.75) is 241 Å². The summed E-state index contributed by atoms with van der Waals surface area (Å²) in [6.07, 6.45) is -8.97. The molecular formula is C48H80O18. The van der Waals surface area contributed by atoms with Gasteiger partial charge in [0.15, 0.2) is 25.2 Å². The van der Waals surface area contributed by atoms with Crippen LogP contribution in [0.25, 0.3) is 0 Å².